The number of hydrogen-bond acceptors (Lipinski definition) is 5. The van der Waals surface area contributed by atoms with Crippen molar-refractivity contribution in [2.45, 2.75) is 32.9 Å². The zero-order chi connectivity index (χ0) is 19.1. The highest BCUT2D eigenvalue weighted by Crippen LogP contribution is 2.30. The first-order valence-corrected chi connectivity index (χ1v) is 10.4. The highest BCUT2D eigenvalue weighted by molar-refractivity contribution is 7.91. The lowest BCUT2D eigenvalue weighted by Crippen LogP contribution is -2.12. The standard InChI is InChI=1S/C17H20ClN3O4S/c1-10-7-12(3-4-14(10)17(22)23)19-8-15-11(2)20-21(16(15)18)13-5-6-26(24,25)9-13/h3-4,7,13,19H,5-6,8-9H2,1-2H3,(H,22,23). The summed E-state index contributed by atoms with van der Waals surface area (Å²) in [6, 6.07) is 4.80. The van der Waals surface area contributed by atoms with E-state index in [1.54, 1.807) is 29.8 Å². The summed E-state index contributed by atoms with van der Waals surface area (Å²) in [6.45, 7) is 3.99. The van der Waals surface area contributed by atoms with Crippen molar-refractivity contribution in [3.63, 3.8) is 0 Å². The lowest BCUT2D eigenvalue weighted by Gasteiger charge is -2.11. The molecule has 3 rings (SSSR count). The van der Waals surface area contributed by atoms with Gasteiger partial charge >= 0.3 is 5.97 Å². The van der Waals surface area contributed by atoms with E-state index in [1.807, 2.05) is 6.92 Å². The zero-order valence-corrected chi connectivity index (χ0v) is 16.1. The normalized spacial score (nSPS) is 18.8. The number of rotatable bonds is 5. The van der Waals surface area contributed by atoms with E-state index in [0.717, 1.165) is 16.9 Å². The summed E-state index contributed by atoms with van der Waals surface area (Å²) >= 11 is 6.46. The second kappa shape index (κ2) is 6.92. The van der Waals surface area contributed by atoms with Gasteiger partial charge in [0.25, 0.3) is 0 Å². The molecule has 1 aliphatic heterocycles. The summed E-state index contributed by atoms with van der Waals surface area (Å²) in [7, 11) is -3.02. The fourth-order valence-electron chi connectivity index (χ4n) is 3.17. The highest BCUT2D eigenvalue weighted by Gasteiger charge is 2.32. The zero-order valence-electron chi connectivity index (χ0n) is 14.5. The van der Waals surface area contributed by atoms with Gasteiger partial charge in [0, 0.05) is 17.8 Å². The molecule has 1 unspecified atom stereocenters. The van der Waals surface area contributed by atoms with E-state index >= 15 is 0 Å². The van der Waals surface area contributed by atoms with Crippen LogP contribution in [0.1, 0.15) is 39.6 Å². The van der Waals surface area contributed by atoms with Crippen LogP contribution in [0.25, 0.3) is 0 Å². The molecule has 1 aliphatic rings. The maximum Gasteiger partial charge on any atom is 0.335 e. The first-order chi connectivity index (χ1) is 12.2. The summed E-state index contributed by atoms with van der Waals surface area (Å²) in [5.41, 5.74) is 3.25. The molecule has 0 radical (unpaired) electrons. The Hall–Kier alpha value is -2.06. The first-order valence-electron chi connectivity index (χ1n) is 8.19. The fraction of sp³-hybridized carbons (Fsp3) is 0.412. The van der Waals surface area contributed by atoms with E-state index in [1.165, 1.54) is 0 Å². The molecule has 1 saturated heterocycles. The monoisotopic (exact) mass is 397 g/mol. The van der Waals surface area contributed by atoms with E-state index in [9.17, 15) is 13.2 Å². The SMILES string of the molecule is Cc1cc(NCc2c(C)nn(C3CCS(=O)(=O)C3)c2Cl)ccc1C(=O)O. The minimum Gasteiger partial charge on any atom is -0.478 e. The molecular weight excluding hydrogens is 378 g/mol. The van der Waals surface area contributed by atoms with Gasteiger partial charge < -0.3 is 10.4 Å². The fourth-order valence-corrected chi connectivity index (χ4v) is 5.24. The van der Waals surface area contributed by atoms with E-state index in [2.05, 4.69) is 10.4 Å². The summed E-state index contributed by atoms with van der Waals surface area (Å²) < 4.78 is 25.0. The molecule has 140 valence electrons. The molecule has 2 N–H and O–H groups in total. The summed E-state index contributed by atoms with van der Waals surface area (Å²) in [6.07, 6.45) is 0.520. The van der Waals surface area contributed by atoms with Gasteiger partial charge in [-0.2, -0.15) is 5.10 Å². The van der Waals surface area contributed by atoms with Gasteiger partial charge in [0.2, 0.25) is 0 Å². The second-order valence-electron chi connectivity index (χ2n) is 6.54. The number of carbonyl (C=O) groups is 1. The van der Waals surface area contributed by atoms with Crippen LogP contribution in [0.3, 0.4) is 0 Å². The predicted octanol–water partition coefficient (Wildman–Crippen LogP) is 2.82. The molecule has 0 saturated carbocycles. The number of carboxylic acid groups (broad SMARTS) is 1. The average molecular weight is 398 g/mol. The molecule has 2 heterocycles. The summed E-state index contributed by atoms with van der Waals surface area (Å²) in [4.78, 5) is 11.1. The van der Waals surface area contributed by atoms with E-state index in [4.69, 9.17) is 16.7 Å². The molecule has 9 heteroatoms. The molecule has 0 aliphatic carbocycles. The van der Waals surface area contributed by atoms with Gasteiger partial charge in [-0.05, 0) is 44.0 Å². The third kappa shape index (κ3) is 3.71. The van der Waals surface area contributed by atoms with Crippen molar-refractivity contribution in [3.8, 4) is 0 Å². The smallest absolute Gasteiger partial charge is 0.335 e. The molecule has 26 heavy (non-hydrogen) atoms. The third-order valence-corrected chi connectivity index (χ3v) is 6.78. The van der Waals surface area contributed by atoms with Gasteiger partial charge in [-0.25, -0.2) is 17.9 Å². The second-order valence-corrected chi connectivity index (χ2v) is 9.13. The largest absolute Gasteiger partial charge is 0.478 e. The van der Waals surface area contributed by atoms with E-state index in [0.29, 0.717) is 23.7 Å². The molecule has 1 fully saturated rings. The van der Waals surface area contributed by atoms with Gasteiger partial charge in [0.1, 0.15) is 5.15 Å². The van der Waals surface area contributed by atoms with Gasteiger partial charge in [-0.1, -0.05) is 11.6 Å². The van der Waals surface area contributed by atoms with Crippen LogP contribution in [0.5, 0.6) is 0 Å². The van der Waals surface area contributed by atoms with Crippen LogP contribution in [0.15, 0.2) is 18.2 Å². The van der Waals surface area contributed by atoms with Crippen molar-refractivity contribution in [1.29, 1.82) is 0 Å². The van der Waals surface area contributed by atoms with Crippen molar-refractivity contribution in [1.82, 2.24) is 9.78 Å². The van der Waals surface area contributed by atoms with Crippen molar-refractivity contribution in [2.24, 2.45) is 0 Å². The molecule has 2 aromatic rings. The Morgan fingerprint density at radius 2 is 2.15 bits per heavy atom. The number of aromatic nitrogens is 2. The Kier molecular flexibility index (Phi) is 4.98. The van der Waals surface area contributed by atoms with E-state index in [-0.39, 0.29) is 23.1 Å². The number of nitrogens with one attached hydrogen (secondary N) is 1. The minimum absolute atomic E-state index is 0.0660. The molecule has 1 aromatic carbocycles. The van der Waals surface area contributed by atoms with Gasteiger partial charge in [-0.3, -0.25) is 0 Å². The van der Waals surface area contributed by atoms with Crippen LogP contribution in [0.4, 0.5) is 5.69 Å². The molecular formula is C17H20ClN3O4S. The summed E-state index contributed by atoms with van der Waals surface area (Å²) in [5.74, 6) is -0.729. The molecule has 1 atom stereocenters. The Labute approximate surface area is 156 Å². The summed E-state index contributed by atoms with van der Waals surface area (Å²) in [5, 5.41) is 17.2. The van der Waals surface area contributed by atoms with Crippen molar-refractivity contribution in [3.05, 3.63) is 45.7 Å². The van der Waals surface area contributed by atoms with Crippen molar-refractivity contribution in [2.75, 3.05) is 16.8 Å². The number of halogens is 1. The number of aromatic carboxylic acids is 1. The highest BCUT2D eigenvalue weighted by atomic mass is 35.5. The Morgan fingerprint density at radius 3 is 2.73 bits per heavy atom. The topological polar surface area (TPSA) is 101 Å². The molecule has 1 aromatic heterocycles. The maximum absolute atomic E-state index is 11.7. The third-order valence-electron chi connectivity index (χ3n) is 4.63. The quantitative estimate of drug-likeness (QED) is 0.804. The predicted molar refractivity (Wildman–Crippen MR) is 99.7 cm³/mol. The number of aryl methyl sites for hydroxylation is 2. The van der Waals surface area contributed by atoms with Gasteiger partial charge in [0.05, 0.1) is 28.8 Å². The number of anilines is 1. The van der Waals surface area contributed by atoms with E-state index < -0.39 is 15.8 Å². The van der Waals surface area contributed by atoms with Crippen LogP contribution >= 0.6 is 11.6 Å². The lowest BCUT2D eigenvalue weighted by molar-refractivity contribution is 0.0696. The lowest BCUT2D eigenvalue weighted by atomic mass is 10.1. The molecule has 0 spiro atoms. The van der Waals surface area contributed by atoms with Crippen LogP contribution in [-0.4, -0.2) is 40.8 Å². The molecule has 7 nitrogen and oxygen atoms in total. The Bertz CT molecular complexity index is 969. The Balaban J connectivity index is 1.77. The molecule has 0 bridgehead atoms. The molecule has 0 amide bonds. The average Bonchev–Trinajstić information content (AvgIpc) is 3.04. The number of carboxylic acids is 1. The maximum atomic E-state index is 11.7. The van der Waals surface area contributed by atoms with Crippen LogP contribution in [0.2, 0.25) is 5.15 Å². The minimum atomic E-state index is -3.02. The van der Waals surface area contributed by atoms with Crippen molar-refractivity contribution >= 4 is 33.1 Å². The van der Waals surface area contributed by atoms with Crippen molar-refractivity contribution < 1.29 is 18.3 Å². The number of sulfone groups is 1. The Morgan fingerprint density at radius 1 is 1.42 bits per heavy atom. The first kappa shape index (κ1) is 18.7. The van der Waals surface area contributed by atoms with Crippen LogP contribution in [0, 0.1) is 13.8 Å². The van der Waals surface area contributed by atoms with Gasteiger partial charge in [0.15, 0.2) is 9.84 Å². The van der Waals surface area contributed by atoms with Crippen LogP contribution in [-0.2, 0) is 16.4 Å². The van der Waals surface area contributed by atoms with Gasteiger partial charge in [-0.15, -0.1) is 0 Å². The number of hydrogen-bond donors (Lipinski definition) is 2. The number of benzene rings is 1. The van der Waals surface area contributed by atoms with Crippen LogP contribution < -0.4 is 5.32 Å². The number of nitrogens with zero attached hydrogens (tertiary/aromatic N) is 2.